The molecule has 0 aromatic heterocycles. The van der Waals surface area contributed by atoms with Gasteiger partial charge >= 0.3 is 11.9 Å². The minimum absolute atomic E-state index is 0.00486. The van der Waals surface area contributed by atoms with Gasteiger partial charge in [-0.25, -0.2) is 0 Å². The average Bonchev–Trinajstić information content (AvgIpc) is 3.43. The molecule has 0 spiro atoms. The van der Waals surface area contributed by atoms with Crippen LogP contribution in [0.2, 0.25) is 0 Å². The van der Waals surface area contributed by atoms with Crippen LogP contribution in [-0.4, -0.2) is 48.6 Å². The molecule has 70 heavy (non-hydrogen) atoms. The van der Waals surface area contributed by atoms with Gasteiger partial charge in [-0.15, -0.1) is 0 Å². The molecule has 0 saturated carbocycles. The number of esters is 2. The molecule has 1 aliphatic rings. The van der Waals surface area contributed by atoms with Crippen molar-refractivity contribution in [2.75, 3.05) is 26.4 Å². The molecule has 1 saturated heterocycles. The van der Waals surface area contributed by atoms with Crippen molar-refractivity contribution in [3.63, 3.8) is 0 Å². The molecule has 0 aromatic rings. The average molecular weight is 988 g/mol. The second-order valence-electron chi connectivity index (χ2n) is 22.8. The number of unbranched alkanes of at least 4 members (excludes halogenated alkanes) is 49. The van der Waals surface area contributed by atoms with E-state index in [-0.39, 0.29) is 19.6 Å². The summed E-state index contributed by atoms with van der Waals surface area (Å²) in [6, 6.07) is 0. The van der Waals surface area contributed by atoms with Gasteiger partial charge in [-0.2, -0.15) is 0 Å². The molecule has 0 amide bonds. The first kappa shape index (κ1) is 66.6. The summed E-state index contributed by atoms with van der Waals surface area (Å²) in [6.45, 7) is 1.21. The van der Waals surface area contributed by atoms with Crippen LogP contribution in [0.5, 0.6) is 0 Å². The van der Waals surface area contributed by atoms with Crippen LogP contribution in [-0.2, 0) is 19.1 Å². The molecule has 414 valence electrons. The summed E-state index contributed by atoms with van der Waals surface area (Å²) in [5.41, 5.74) is -1.12. The number of carbonyl (C=O) groups excluding carboxylic acids is 2. The molecule has 1 fully saturated rings. The molecule has 1 heterocycles. The third-order valence-electron chi connectivity index (χ3n) is 15.8. The van der Waals surface area contributed by atoms with Gasteiger partial charge in [0.05, 0.1) is 31.0 Å². The van der Waals surface area contributed by atoms with Crippen LogP contribution in [0.15, 0.2) is 12.2 Å². The number of hydrogen-bond acceptors (Lipinski definition) is 6. The second-order valence-corrected chi connectivity index (χ2v) is 22.8. The summed E-state index contributed by atoms with van der Waals surface area (Å²) in [7, 11) is 0. The molecule has 1 rings (SSSR count). The highest BCUT2D eigenvalue weighted by molar-refractivity contribution is 5.80. The van der Waals surface area contributed by atoms with E-state index < -0.39 is 36.5 Å². The summed E-state index contributed by atoms with van der Waals surface area (Å²) in [5.74, 6) is -1.40. The van der Waals surface area contributed by atoms with E-state index in [0.717, 1.165) is 19.3 Å². The first-order chi connectivity index (χ1) is 34.6. The lowest BCUT2D eigenvalue weighted by Crippen LogP contribution is -2.40. The third-order valence-corrected chi connectivity index (χ3v) is 15.8. The largest absolute Gasteiger partial charge is 0.465 e. The van der Waals surface area contributed by atoms with E-state index in [1.54, 1.807) is 0 Å². The van der Waals surface area contributed by atoms with Crippen LogP contribution < -0.4 is 0 Å². The molecule has 2 N–H and O–H groups in total. The Bertz CT molecular complexity index is 1100. The SMILES string of the molecule is CCCCCCCCCCCCCCCCCCC/C=C/CCCCCCCCCCCCCCCCCCCCCCCCCCCCCCCCCCC1CC(=O)OCC(CO)(CO)COC1=O. The van der Waals surface area contributed by atoms with Crippen molar-refractivity contribution in [3.05, 3.63) is 12.2 Å². The van der Waals surface area contributed by atoms with Crippen molar-refractivity contribution in [3.8, 4) is 0 Å². The first-order valence-corrected chi connectivity index (χ1v) is 31.8. The number of hydrogen-bond donors (Lipinski definition) is 2. The zero-order valence-corrected chi connectivity index (χ0v) is 47.1. The Balaban J connectivity index is 1.68. The minimum Gasteiger partial charge on any atom is -0.465 e. The van der Waals surface area contributed by atoms with Gasteiger partial charge in [0.1, 0.15) is 13.2 Å². The fourth-order valence-electron chi connectivity index (χ4n) is 10.6. The summed E-state index contributed by atoms with van der Waals surface area (Å²) >= 11 is 0. The highest BCUT2D eigenvalue weighted by atomic mass is 16.6. The molecule has 1 atom stereocenters. The van der Waals surface area contributed by atoms with E-state index in [0.29, 0.717) is 6.42 Å². The summed E-state index contributed by atoms with van der Waals surface area (Å²) in [4.78, 5) is 24.7. The van der Waals surface area contributed by atoms with Crippen molar-refractivity contribution < 1.29 is 29.3 Å². The summed E-state index contributed by atoms with van der Waals surface area (Å²) in [6.07, 6.45) is 77.2. The Morgan fingerprint density at radius 1 is 0.371 bits per heavy atom. The van der Waals surface area contributed by atoms with Crippen LogP contribution in [0.25, 0.3) is 0 Å². The Morgan fingerprint density at radius 3 is 0.886 bits per heavy atom. The van der Waals surface area contributed by atoms with Gasteiger partial charge in [-0.05, 0) is 32.1 Å². The minimum atomic E-state index is -1.12. The Labute approximate surface area is 436 Å². The van der Waals surface area contributed by atoms with Crippen LogP contribution in [0.4, 0.5) is 0 Å². The maximum atomic E-state index is 12.5. The zero-order chi connectivity index (χ0) is 50.4. The van der Waals surface area contributed by atoms with E-state index in [1.165, 1.54) is 308 Å². The topological polar surface area (TPSA) is 93.1 Å². The van der Waals surface area contributed by atoms with Crippen molar-refractivity contribution in [2.24, 2.45) is 11.3 Å². The second kappa shape index (κ2) is 53.9. The van der Waals surface area contributed by atoms with Crippen molar-refractivity contribution in [1.29, 1.82) is 0 Å². The molecular formula is C64H122O6. The van der Waals surface area contributed by atoms with E-state index in [2.05, 4.69) is 19.1 Å². The van der Waals surface area contributed by atoms with Gasteiger partial charge < -0.3 is 19.7 Å². The van der Waals surface area contributed by atoms with Crippen LogP contribution in [0, 0.1) is 11.3 Å². The lowest BCUT2D eigenvalue weighted by molar-refractivity contribution is -0.155. The fourth-order valence-corrected chi connectivity index (χ4v) is 10.6. The number of ether oxygens (including phenoxy) is 2. The highest BCUT2D eigenvalue weighted by Crippen LogP contribution is 2.25. The van der Waals surface area contributed by atoms with Gasteiger partial charge in [-0.3, -0.25) is 9.59 Å². The van der Waals surface area contributed by atoms with Gasteiger partial charge in [0.2, 0.25) is 0 Å². The monoisotopic (exact) mass is 987 g/mol. The van der Waals surface area contributed by atoms with Crippen LogP contribution in [0.3, 0.4) is 0 Å². The zero-order valence-electron chi connectivity index (χ0n) is 47.1. The maximum absolute atomic E-state index is 12.5. The number of aliphatic hydroxyl groups is 2. The molecule has 1 unspecified atom stereocenters. The third kappa shape index (κ3) is 45.2. The predicted molar refractivity (Wildman–Crippen MR) is 302 cm³/mol. The van der Waals surface area contributed by atoms with Crippen molar-refractivity contribution >= 4 is 11.9 Å². The van der Waals surface area contributed by atoms with Gasteiger partial charge in [-0.1, -0.05) is 321 Å². The molecule has 0 radical (unpaired) electrons. The number of carbonyl (C=O) groups is 2. The lowest BCUT2D eigenvalue weighted by atomic mass is 9.92. The Hall–Kier alpha value is -1.40. The van der Waals surface area contributed by atoms with E-state index >= 15 is 0 Å². The van der Waals surface area contributed by atoms with E-state index in [1.807, 2.05) is 0 Å². The molecule has 0 bridgehead atoms. The van der Waals surface area contributed by atoms with Crippen LogP contribution >= 0.6 is 0 Å². The summed E-state index contributed by atoms with van der Waals surface area (Å²) < 4.78 is 10.6. The molecular weight excluding hydrogens is 865 g/mol. The normalized spacial score (nSPS) is 15.3. The molecule has 0 aliphatic carbocycles. The molecule has 1 aliphatic heterocycles. The molecule has 6 heteroatoms. The van der Waals surface area contributed by atoms with Gasteiger partial charge in [0, 0.05) is 0 Å². The number of aliphatic hydroxyl groups excluding tert-OH is 2. The number of rotatable bonds is 55. The molecule has 0 aromatic carbocycles. The van der Waals surface area contributed by atoms with E-state index in [9.17, 15) is 19.8 Å². The highest BCUT2D eigenvalue weighted by Gasteiger charge is 2.36. The van der Waals surface area contributed by atoms with Gasteiger partial charge in [0.15, 0.2) is 0 Å². The molecule has 6 nitrogen and oxygen atoms in total. The smallest absolute Gasteiger partial charge is 0.309 e. The number of allylic oxidation sites excluding steroid dienone is 2. The standard InChI is InChI=1S/C64H122O6/c1-2-3-4-5-6-7-8-9-10-11-12-13-14-15-16-17-18-19-20-21-22-23-24-25-26-27-28-29-30-31-32-33-34-35-36-37-38-39-40-41-42-43-44-45-46-47-48-49-50-51-52-53-54-55-61-56-62(67)69-59-64(57-65,58-66)60-70-63(61)68/h20-21,61,65-66H,2-19,22-60H2,1H3/b21-20+. The Morgan fingerprint density at radius 2 is 0.614 bits per heavy atom. The van der Waals surface area contributed by atoms with Gasteiger partial charge in [0.25, 0.3) is 0 Å². The Kier molecular flexibility index (Phi) is 51.3. The first-order valence-electron chi connectivity index (χ1n) is 31.8. The fraction of sp³-hybridized carbons (Fsp3) is 0.938. The van der Waals surface area contributed by atoms with Crippen molar-refractivity contribution in [2.45, 2.75) is 347 Å². The predicted octanol–water partition coefficient (Wildman–Crippen LogP) is 19.9. The van der Waals surface area contributed by atoms with Crippen LogP contribution in [0.1, 0.15) is 347 Å². The van der Waals surface area contributed by atoms with Crippen molar-refractivity contribution in [1.82, 2.24) is 0 Å². The quantitative estimate of drug-likeness (QED) is 0.0358. The number of cyclic esters (lactones) is 2. The lowest BCUT2D eigenvalue weighted by Gasteiger charge is -2.27. The summed E-state index contributed by atoms with van der Waals surface area (Å²) in [5, 5.41) is 19.2. The maximum Gasteiger partial charge on any atom is 0.309 e. The van der Waals surface area contributed by atoms with E-state index in [4.69, 9.17) is 9.47 Å².